The van der Waals surface area contributed by atoms with Crippen LogP contribution in [0.15, 0.2) is 84.9 Å². The summed E-state index contributed by atoms with van der Waals surface area (Å²) in [6.45, 7) is 6.63. The van der Waals surface area contributed by atoms with E-state index in [1.54, 1.807) is 0 Å². The zero-order chi connectivity index (χ0) is 20.2. The number of aryl methyl sites for hydroxylation is 2. The summed E-state index contributed by atoms with van der Waals surface area (Å²) >= 11 is 0. The number of rotatable bonds is 4. The van der Waals surface area contributed by atoms with Crippen molar-refractivity contribution in [3.63, 3.8) is 0 Å². The Morgan fingerprint density at radius 1 is 0.875 bits per heavy atom. The van der Waals surface area contributed by atoms with Crippen molar-refractivity contribution < 1.29 is 35.6 Å². The molecule has 0 amide bonds. The molecule has 1 aromatic heterocycles. The molecule has 5 rings (SSSR count). The Balaban J connectivity index is 0.000000369. The minimum atomic E-state index is 0. The van der Waals surface area contributed by atoms with Crippen LogP contribution >= 0.6 is 0 Å². The maximum atomic E-state index is 2.37. The Labute approximate surface area is 208 Å². The van der Waals surface area contributed by atoms with Gasteiger partial charge >= 0.3 is 26.2 Å². The number of fused-ring (bicyclic) bond motifs is 2. The topological polar surface area (TPSA) is 4.93 Å². The van der Waals surface area contributed by atoms with E-state index >= 15 is 0 Å². The third kappa shape index (κ3) is 5.72. The molecule has 1 heterocycles. The number of para-hydroxylation sites is 1. The fourth-order valence-electron chi connectivity index (χ4n) is 4.09. The number of hydrogen-bond donors (Lipinski definition) is 0. The number of unbranched alkanes of at least 4 members (excludes halogenated alkanes) is 1. The number of aromatic nitrogens is 1. The van der Waals surface area contributed by atoms with Gasteiger partial charge in [0.25, 0.3) is 0 Å². The molecule has 0 spiro atoms. The summed E-state index contributed by atoms with van der Waals surface area (Å²) in [5.74, 6) is 0. The van der Waals surface area contributed by atoms with Gasteiger partial charge in [0.1, 0.15) is 0 Å². The van der Waals surface area contributed by atoms with Crippen LogP contribution in [0, 0.1) is 13.8 Å². The van der Waals surface area contributed by atoms with Crippen molar-refractivity contribution in [3.05, 3.63) is 102 Å². The van der Waals surface area contributed by atoms with Crippen molar-refractivity contribution in [2.45, 2.75) is 40.0 Å². The van der Waals surface area contributed by atoms with Crippen LogP contribution in [0.1, 0.15) is 36.6 Å². The molecule has 1 nitrogen and oxygen atoms in total. The van der Waals surface area contributed by atoms with Crippen LogP contribution in [0.25, 0.3) is 27.4 Å². The smallest absolute Gasteiger partial charge is 1.00 e. The van der Waals surface area contributed by atoms with Crippen LogP contribution in [0.3, 0.4) is 0 Å². The van der Waals surface area contributed by atoms with Crippen molar-refractivity contribution >= 4 is 21.7 Å². The fourth-order valence-corrected chi connectivity index (χ4v) is 4.09. The molecule has 0 aliphatic carbocycles. The van der Waals surface area contributed by atoms with E-state index in [1.807, 2.05) is 0 Å². The second kappa shape index (κ2) is 12.7. The van der Waals surface area contributed by atoms with E-state index in [-0.39, 0.29) is 35.6 Å². The zero-order valence-corrected chi connectivity index (χ0v) is 21.4. The van der Waals surface area contributed by atoms with Gasteiger partial charge in [-0.15, -0.1) is 41.1 Å². The van der Waals surface area contributed by atoms with Gasteiger partial charge < -0.3 is 14.0 Å². The van der Waals surface area contributed by atoms with E-state index in [0.717, 1.165) is 0 Å². The summed E-state index contributed by atoms with van der Waals surface area (Å²) in [5.41, 5.74) is 6.72. The largest absolute Gasteiger partial charge is 4.00 e. The molecular weight excluding hydrogens is 480 g/mol. The average molecular weight is 509 g/mol. The second-order valence-corrected chi connectivity index (χ2v) is 7.80. The standard InChI is InChI=1S/C19H16N.C9H13.2FH.Zr/c1-13-14(2)20(19-10-6-5-9-18(13)19)17-11-15-7-3-4-8-16(15)12-17;1-2-3-6-9-7-4-5-8-9;;;/h3-12H,1-2H3;4-5,7-8H,2-3,6H2,1H3;2*1H;/q2*-1;;;+4/p-2. The molecule has 0 fully saturated rings. The first-order chi connectivity index (χ1) is 14.2. The summed E-state index contributed by atoms with van der Waals surface area (Å²) in [5, 5.41) is 3.95. The van der Waals surface area contributed by atoms with E-state index in [2.05, 4.69) is 110 Å². The number of hydrogen-bond acceptors (Lipinski definition) is 0. The molecule has 0 N–H and O–H groups in total. The number of halogens is 2. The SMILES string of the molecule is CCCC[c-]1cccc1.Cc1c(C)n(-c2cc3ccccc3[cH-]2)c2ccccc12.[F-].[F-].[Zr+4]. The van der Waals surface area contributed by atoms with Crippen molar-refractivity contribution in [2.75, 3.05) is 0 Å². The normalized spacial score (nSPS) is 9.97. The van der Waals surface area contributed by atoms with Crippen LogP contribution in [0.5, 0.6) is 0 Å². The predicted octanol–water partition coefficient (Wildman–Crippen LogP) is 1.87. The van der Waals surface area contributed by atoms with Crippen LogP contribution in [-0.4, -0.2) is 4.57 Å². The van der Waals surface area contributed by atoms with Crippen molar-refractivity contribution in [1.82, 2.24) is 4.57 Å². The van der Waals surface area contributed by atoms with Crippen LogP contribution < -0.4 is 9.41 Å². The van der Waals surface area contributed by atoms with Gasteiger partial charge in [-0.2, -0.15) is 17.7 Å². The molecule has 0 aliphatic heterocycles. The van der Waals surface area contributed by atoms with E-state index < -0.39 is 0 Å². The van der Waals surface area contributed by atoms with Gasteiger partial charge in [0.2, 0.25) is 0 Å². The average Bonchev–Trinajstić information content (AvgIpc) is 3.46. The minimum absolute atomic E-state index is 0. The Hall–Kier alpha value is -2.32. The third-order valence-electron chi connectivity index (χ3n) is 5.84. The summed E-state index contributed by atoms with van der Waals surface area (Å²) < 4.78 is 2.37. The molecule has 0 atom stereocenters. The molecular formula is C28H29F2NZr. The maximum absolute atomic E-state index is 2.37. The van der Waals surface area contributed by atoms with Gasteiger partial charge in [0.05, 0.1) is 5.52 Å². The summed E-state index contributed by atoms with van der Waals surface area (Å²) in [6.07, 6.45) is 3.87. The van der Waals surface area contributed by atoms with E-state index in [0.29, 0.717) is 0 Å². The minimum Gasteiger partial charge on any atom is -1.00 e. The molecule has 4 heteroatoms. The first-order valence-corrected chi connectivity index (χ1v) is 10.6. The summed E-state index contributed by atoms with van der Waals surface area (Å²) in [7, 11) is 0. The monoisotopic (exact) mass is 507 g/mol. The first-order valence-electron chi connectivity index (χ1n) is 10.6. The predicted molar refractivity (Wildman–Crippen MR) is 126 cm³/mol. The van der Waals surface area contributed by atoms with Gasteiger partial charge in [-0.3, -0.25) is 0 Å². The van der Waals surface area contributed by atoms with Crippen LogP contribution in [0.2, 0.25) is 0 Å². The molecule has 5 aromatic rings. The molecule has 0 unspecified atom stereocenters. The number of benzene rings is 2. The zero-order valence-electron chi connectivity index (χ0n) is 18.9. The van der Waals surface area contributed by atoms with Crippen LogP contribution in [-0.2, 0) is 32.6 Å². The Bertz CT molecular complexity index is 1180. The quantitative estimate of drug-likeness (QED) is 0.327. The molecule has 0 aliphatic rings. The first kappa shape index (κ1) is 27.7. The van der Waals surface area contributed by atoms with Crippen molar-refractivity contribution in [2.24, 2.45) is 0 Å². The van der Waals surface area contributed by atoms with Gasteiger partial charge in [-0.25, -0.2) is 12.1 Å². The molecule has 0 radical (unpaired) electrons. The summed E-state index contributed by atoms with van der Waals surface area (Å²) in [4.78, 5) is 0. The van der Waals surface area contributed by atoms with Gasteiger partial charge in [0.15, 0.2) is 0 Å². The Morgan fingerprint density at radius 2 is 1.53 bits per heavy atom. The van der Waals surface area contributed by atoms with Gasteiger partial charge in [-0.1, -0.05) is 50.5 Å². The molecule has 0 saturated heterocycles. The van der Waals surface area contributed by atoms with Gasteiger partial charge in [0, 0.05) is 11.1 Å². The summed E-state index contributed by atoms with van der Waals surface area (Å²) in [6, 6.07) is 30.3. The van der Waals surface area contributed by atoms with Crippen LogP contribution in [0.4, 0.5) is 0 Å². The Morgan fingerprint density at radius 3 is 2.22 bits per heavy atom. The second-order valence-electron chi connectivity index (χ2n) is 7.80. The molecule has 4 aromatic carbocycles. The fraction of sp³-hybridized carbons (Fsp3) is 0.214. The van der Waals surface area contributed by atoms with Crippen molar-refractivity contribution in [3.8, 4) is 5.69 Å². The van der Waals surface area contributed by atoms with Crippen molar-refractivity contribution in [1.29, 1.82) is 0 Å². The maximum Gasteiger partial charge on any atom is 4.00 e. The molecule has 0 saturated carbocycles. The van der Waals surface area contributed by atoms with Gasteiger partial charge in [-0.05, 0) is 31.2 Å². The van der Waals surface area contributed by atoms with E-state index in [4.69, 9.17) is 0 Å². The third-order valence-corrected chi connectivity index (χ3v) is 5.84. The molecule has 0 bridgehead atoms. The Kier molecular flexibility index (Phi) is 11.0. The van der Waals surface area contributed by atoms with E-state index in [9.17, 15) is 0 Å². The van der Waals surface area contributed by atoms with E-state index in [1.165, 1.54) is 63.4 Å². The number of nitrogens with zero attached hydrogens (tertiary/aromatic N) is 1. The molecule has 164 valence electrons. The molecule has 32 heavy (non-hydrogen) atoms.